The maximum atomic E-state index is 13.1. The molecule has 9 heteroatoms. The van der Waals surface area contributed by atoms with Crippen LogP contribution in [0.25, 0.3) is 10.3 Å². The first-order valence-electron chi connectivity index (χ1n) is 9.89. The summed E-state index contributed by atoms with van der Waals surface area (Å²) in [5, 5.41) is 17.6. The Bertz CT molecular complexity index is 1110. The van der Waals surface area contributed by atoms with Crippen molar-refractivity contribution >= 4 is 38.6 Å². The van der Waals surface area contributed by atoms with Crippen LogP contribution in [-0.4, -0.2) is 55.8 Å². The number of benzene rings is 1. The number of aromatic nitrogens is 3. The molecule has 2 aromatic heterocycles. The van der Waals surface area contributed by atoms with E-state index in [9.17, 15) is 14.7 Å². The second kappa shape index (κ2) is 7.48. The van der Waals surface area contributed by atoms with E-state index < -0.39 is 11.6 Å². The summed E-state index contributed by atoms with van der Waals surface area (Å²) in [6.45, 7) is 8.72. The van der Waals surface area contributed by atoms with Gasteiger partial charge in [0.15, 0.2) is 16.5 Å². The minimum atomic E-state index is -0.500. The summed E-state index contributed by atoms with van der Waals surface area (Å²) in [4.78, 5) is 31.9. The van der Waals surface area contributed by atoms with Gasteiger partial charge in [0, 0.05) is 18.7 Å². The predicted octanol–water partition coefficient (Wildman–Crippen LogP) is 3.02. The first-order valence-corrected chi connectivity index (χ1v) is 10.7. The van der Waals surface area contributed by atoms with Gasteiger partial charge in [0.25, 0.3) is 11.8 Å². The maximum absolute atomic E-state index is 13.1. The van der Waals surface area contributed by atoms with E-state index in [0.717, 1.165) is 5.56 Å². The monoisotopic (exact) mass is 427 g/mol. The summed E-state index contributed by atoms with van der Waals surface area (Å²) in [5.41, 5.74) is 2.09. The highest BCUT2D eigenvalue weighted by Crippen LogP contribution is 2.33. The van der Waals surface area contributed by atoms with Crippen LogP contribution < -0.4 is 5.32 Å². The quantitative estimate of drug-likeness (QED) is 0.669. The molecule has 3 aromatic rings. The Balaban J connectivity index is 1.69. The summed E-state index contributed by atoms with van der Waals surface area (Å²) in [7, 11) is 0. The molecule has 30 heavy (non-hydrogen) atoms. The fourth-order valence-corrected chi connectivity index (χ4v) is 4.33. The van der Waals surface area contributed by atoms with Crippen molar-refractivity contribution in [3.05, 3.63) is 41.1 Å². The van der Waals surface area contributed by atoms with Crippen molar-refractivity contribution in [3.8, 4) is 0 Å². The summed E-state index contributed by atoms with van der Waals surface area (Å²) < 4.78 is 2.36. The molecule has 2 amide bonds. The minimum absolute atomic E-state index is 0.223. The topological polar surface area (TPSA) is 100 Å². The number of aryl methyl sites for hydroxylation is 1. The van der Waals surface area contributed by atoms with E-state index in [1.165, 1.54) is 11.3 Å². The molecule has 1 aliphatic heterocycles. The molecule has 0 unspecified atom stereocenters. The fourth-order valence-electron chi connectivity index (χ4n) is 3.41. The summed E-state index contributed by atoms with van der Waals surface area (Å²) >= 11 is 1.24. The molecule has 1 aromatic carbocycles. The van der Waals surface area contributed by atoms with Crippen LogP contribution in [0.5, 0.6) is 0 Å². The minimum Gasteiger partial charge on any atom is -0.391 e. The van der Waals surface area contributed by atoms with Crippen molar-refractivity contribution in [3.63, 3.8) is 0 Å². The first kappa shape index (κ1) is 20.5. The Kier molecular flexibility index (Phi) is 5.11. The smallest absolute Gasteiger partial charge is 0.276 e. The van der Waals surface area contributed by atoms with Crippen molar-refractivity contribution in [2.75, 3.05) is 18.4 Å². The van der Waals surface area contributed by atoms with Gasteiger partial charge in [0.1, 0.15) is 4.70 Å². The number of β-amino-alcohol motifs (C(OH)–C–C–N with tert-alkyl or cyclic N) is 1. The van der Waals surface area contributed by atoms with Crippen LogP contribution in [0.1, 0.15) is 53.6 Å². The molecule has 1 fully saturated rings. The van der Waals surface area contributed by atoms with Crippen LogP contribution in [0.4, 0.5) is 5.13 Å². The van der Waals surface area contributed by atoms with Gasteiger partial charge in [-0.15, -0.1) is 0 Å². The van der Waals surface area contributed by atoms with Gasteiger partial charge in [-0.05, 0) is 46.2 Å². The molecule has 0 bridgehead atoms. The molecule has 0 saturated carbocycles. The maximum Gasteiger partial charge on any atom is 0.276 e. The zero-order chi connectivity index (χ0) is 21.6. The summed E-state index contributed by atoms with van der Waals surface area (Å²) in [6, 6.07) is 7.29. The van der Waals surface area contributed by atoms with E-state index in [-0.39, 0.29) is 11.8 Å². The number of carbonyl (C=O) groups is 2. The lowest BCUT2D eigenvalue weighted by molar-refractivity contribution is 0.0759. The number of aliphatic hydroxyl groups excluding tert-OH is 1. The van der Waals surface area contributed by atoms with Crippen LogP contribution in [0.15, 0.2) is 24.3 Å². The summed E-state index contributed by atoms with van der Waals surface area (Å²) in [6.07, 6.45) is 0.0649. The fraction of sp³-hybridized carbons (Fsp3) is 0.429. The second-order valence-electron chi connectivity index (χ2n) is 8.62. The van der Waals surface area contributed by atoms with Gasteiger partial charge in [0.2, 0.25) is 0 Å². The number of thiazole rings is 1. The molecule has 158 valence electrons. The number of rotatable bonds is 3. The average molecular weight is 428 g/mol. The van der Waals surface area contributed by atoms with Gasteiger partial charge >= 0.3 is 0 Å². The van der Waals surface area contributed by atoms with Crippen molar-refractivity contribution < 1.29 is 14.7 Å². The van der Waals surface area contributed by atoms with Crippen molar-refractivity contribution in [2.24, 2.45) is 0 Å². The Hall–Kier alpha value is -2.78. The van der Waals surface area contributed by atoms with Gasteiger partial charge in [-0.2, -0.15) is 10.1 Å². The number of nitrogens with one attached hydrogen (secondary N) is 1. The average Bonchev–Trinajstić information content (AvgIpc) is 3.35. The standard InChI is InChI=1S/C21H25N5O3S/c1-12-5-7-13(8-6-12)18(28)23-20-22-17-16(30-20)15(24-26(17)21(2,3)4)19(29)25-10-9-14(27)11-25/h5-8,14,27H,9-11H2,1-4H3,(H,22,23,28)/t14-/m0/s1. The molecule has 1 saturated heterocycles. The third-order valence-corrected chi connectivity index (χ3v) is 6.01. The Labute approximate surface area is 178 Å². The molecule has 1 atom stereocenters. The lowest BCUT2D eigenvalue weighted by Gasteiger charge is -2.19. The zero-order valence-corrected chi connectivity index (χ0v) is 18.3. The normalized spacial score (nSPS) is 17.0. The van der Waals surface area contributed by atoms with Crippen molar-refractivity contribution in [1.29, 1.82) is 0 Å². The molecular formula is C21H25N5O3S. The molecule has 0 spiro atoms. The molecule has 0 radical (unpaired) electrons. The number of hydrogen-bond acceptors (Lipinski definition) is 6. The zero-order valence-electron chi connectivity index (χ0n) is 17.5. The molecule has 0 aliphatic carbocycles. The summed E-state index contributed by atoms with van der Waals surface area (Å²) in [5.74, 6) is -0.475. The number of fused-ring (bicyclic) bond motifs is 1. The van der Waals surface area contributed by atoms with Gasteiger partial charge in [-0.1, -0.05) is 29.0 Å². The molecule has 4 rings (SSSR count). The molecule has 1 aliphatic rings. The number of carbonyl (C=O) groups excluding carboxylic acids is 2. The van der Waals surface area contributed by atoms with Gasteiger partial charge in [0.05, 0.1) is 11.6 Å². The van der Waals surface area contributed by atoms with Crippen LogP contribution in [0.3, 0.4) is 0 Å². The van der Waals surface area contributed by atoms with Crippen LogP contribution >= 0.6 is 11.3 Å². The van der Waals surface area contributed by atoms with Crippen LogP contribution in [0, 0.1) is 6.92 Å². The largest absolute Gasteiger partial charge is 0.391 e. The van der Waals surface area contributed by atoms with Crippen molar-refractivity contribution in [2.45, 2.75) is 45.8 Å². The Morgan fingerprint density at radius 2 is 1.93 bits per heavy atom. The highest BCUT2D eigenvalue weighted by molar-refractivity contribution is 7.22. The molecular weight excluding hydrogens is 402 g/mol. The van der Waals surface area contributed by atoms with E-state index in [1.54, 1.807) is 21.7 Å². The highest BCUT2D eigenvalue weighted by Gasteiger charge is 2.32. The predicted molar refractivity (Wildman–Crippen MR) is 116 cm³/mol. The molecule has 2 N–H and O–H groups in total. The van der Waals surface area contributed by atoms with Gasteiger partial charge < -0.3 is 10.0 Å². The number of likely N-dealkylation sites (tertiary alicyclic amines) is 1. The lowest BCUT2D eigenvalue weighted by Crippen LogP contribution is -2.31. The van der Waals surface area contributed by atoms with Gasteiger partial charge in [-0.3, -0.25) is 14.9 Å². The van der Waals surface area contributed by atoms with E-state index in [4.69, 9.17) is 0 Å². The third kappa shape index (κ3) is 3.82. The number of anilines is 1. The highest BCUT2D eigenvalue weighted by atomic mass is 32.1. The Morgan fingerprint density at radius 3 is 2.53 bits per heavy atom. The first-order chi connectivity index (χ1) is 14.1. The number of nitrogens with zero attached hydrogens (tertiary/aromatic N) is 4. The van der Waals surface area contributed by atoms with Crippen LogP contribution in [-0.2, 0) is 5.54 Å². The SMILES string of the molecule is Cc1ccc(C(=O)Nc2nc3c(s2)c(C(=O)N2CC[C@H](O)C2)nn3C(C)(C)C)cc1. The second-order valence-corrected chi connectivity index (χ2v) is 9.62. The number of aliphatic hydroxyl groups is 1. The van der Waals surface area contributed by atoms with E-state index in [0.29, 0.717) is 46.2 Å². The molecule has 8 nitrogen and oxygen atoms in total. The lowest BCUT2D eigenvalue weighted by atomic mass is 10.1. The van der Waals surface area contributed by atoms with E-state index >= 15 is 0 Å². The van der Waals surface area contributed by atoms with E-state index in [2.05, 4.69) is 15.4 Å². The number of amides is 2. The third-order valence-electron chi connectivity index (χ3n) is 5.05. The molecule has 3 heterocycles. The number of hydrogen-bond donors (Lipinski definition) is 2. The van der Waals surface area contributed by atoms with Crippen molar-refractivity contribution in [1.82, 2.24) is 19.7 Å². The van der Waals surface area contributed by atoms with E-state index in [1.807, 2.05) is 39.8 Å². The Morgan fingerprint density at radius 1 is 1.23 bits per heavy atom. The van der Waals surface area contributed by atoms with Crippen LogP contribution in [0.2, 0.25) is 0 Å². The van der Waals surface area contributed by atoms with Gasteiger partial charge in [-0.25, -0.2) is 4.68 Å².